The fourth-order valence-corrected chi connectivity index (χ4v) is 2.49. The normalized spacial score (nSPS) is 11.3. The molecule has 0 aliphatic rings. The number of nitrogens with zero attached hydrogens (tertiary/aromatic N) is 1. The van der Waals surface area contributed by atoms with E-state index in [1.165, 1.54) is 12.1 Å². The standard InChI is InChI=1S/C14H9F2NO6S/c15-14(16)24(21,22)11-4-2-10(3-5-11)23-13-6-1-9(8-18)7-12(13)17(19)20/h1-8,14H. The number of alkyl halides is 2. The van der Waals surface area contributed by atoms with E-state index < -0.39 is 31.1 Å². The van der Waals surface area contributed by atoms with Crippen LogP contribution >= 0.6 is 0 Å². The second kappa shape index (κ2) is 6.71. The van der Waals surface area contributed by atoms with E-state index in [0.717, 1.165) is 30.3 Å². The van der Waals surface area contributed by atoms with Crippen molar-refractivity contribution >= 4 is 21.8 Å². The zero-order chi connectivity index (χ0) is 17.9. The highest BCUT2D eigenvalue weighted by atomic mass is 32.2. The van der Waals surface area contributed by atoms with Crippen molar-refractivity contribution in [2.75, 3.05) is 0 Å². The van der Waals surface area contributed by atoms with E-state index in [1.54, 1.807) is 0 Å². The molecule has 0 heterocycles. The van der Waals surface area contributed by atoms with Crippen LogP contribution < -0.4 is 4.74 Å². The first-order valence-electron chi connectivity index (χ1n) is 6.29. The molecule has 10 heteroatoms. The lowest BCUT2D eigenvalue weighted by Gasteiger charge is -2.08. The van der Waals surface area contributed by atoms with Crippen LogP contribution in [-0.2, 0) is 9.84 Å². The van der Waals surface area contributed by atoms with Gasteiger partial charge >= 0.3 is 11.4 Å². The summed E-state index contributed by atoms with van der Waals surface area (Å²) in [4.78, 5) is 20.3. The van der Waals surface area contributed by atoms with Crippen LogP contribution in [0.3, 0.4) is 0 Å². The Bertz CT molecular complexity index is 881. The zero-order valence-electron chi connectivity index (χ0n) is 11.8. The number of ether oxygens (including phenoxy) is 1. The maximum Gasteiger partial charge on any atom is 0.341 e. The highest BCUT2D eigenvalue weighted by Crippen LogP contribution is 2.32. The minimum absolute atomic E-state index is 0.00479. The maximum absolute atomic E-state index is 12.4. The number of nitro benzene ring substituents is 1. The van der Waals surface area contributed by atoms with E-state index >= 15 is 0 Å². The molecule has 0 amide bonds. The molecular formula is C14H9F2NO6S. The molecule has 0 saturated carbocycles. The Morgan fingerprint density at radius 1 is 1.12 bits per heavy atom. The number of benzene rings is 2. The lowest BCUT2D eigenvalue weighted by atomic mass is 10.2. The molecule has 0 bridgehead atoms. The van der Waals surface area contributed by atoms with Crippen LogP contribution in [0.15, 0.2) is 47.4 Å². The molecule has 0 unspecified atom stereocenters. The number of nitro groups is 1. The molecular weight excluding hydrogens is 348 g/mol. The van der Waals surface area contributed by atoms with Gasteiger partial charge in [-0.05, 0) is 36.4 Å². The van der Waals surface area contributed by atoms with Crippen molar-refractivity contribution in [1.29, 1.82) is 0 Å². The van der Waals surface area contributed by atoms with Gasteiger partial charge in [0.05, 0.1) is 9.82 Å². The third kappa shape index (κ3) is 3.54. The SMILES string of the molecule is O=Cc1ccc(Oc2ccc(S(=O)(=O)C(F)F)cc2)c([N+](=O)[O-])c1. The average Bonchev–Trinajstić information content (AvgIpc) is 2.55. The summed E-state index contributed by atoms with van der Waals surface area (Å²) in [7, 11) is -4.73. The number of hydrogen-bond acceptors (Lipinski definition) is 6. The second-order valence-electron chi connectivity index (χ2n) is 4.48. The van der Waals surface area contributed by atoms with Crippen molar-refractivity contribution in [3.8, 4) is 11.5 Å². The summed E-state index contributed by atoms with van der Waals surface area (Å²) in [5, 5.41) is 11.0. The van der Waals surface area contributed by atoms with Crippen LogP contribution in [0.5, 0.6) is 11.5 Å². The number of aldehydes is 1. The predicted octanol–water partition coefficient (Wildman–Crippen LogP) is 3.20. The van der Waals surface area contributed by atoms with Crippen molar-refractivity contribution < 1.29 is 31.7 Å². The van der Waals surface area contributed by atoms with Gasteiger partial charge in [-0.2, -0.15) is 8.78 Å². The predicted molar refractivity (Wildman–Crippen MR) is 78.2 cm³/mol. The van der Waals surface area contributed by atoms with Gasteiger partial charge in [-0.1, -0.05) is 0 Å². The Hall–Kier alpha value is -2.88. The van der Waals surface area contributed by atoms with Crippen LogP contribution in [0.2, 0.25) is 0 Å². The van der Waals surface area contributed by atoms with Gasteiger partial charge in [0, 0.05) is 11.6 Å². The minimum atomic E-state index is -4.73. The number of rotatable bonds is 6. The number of halogens is 2. The summed E-state index contributed by atoms with van der Waals surface area (Å²) >= 11 is 0. The third-order valence-corrected chi connectivity index (χ3v) is 4.33. The van der Waals surface area contributed by atoms with E-state index in [2.05, 4.69) is 0 Å². The summed E-state index contributed by atoms with van der Waals surface area (Å²) in [6.07, 6.45) is 0.431. The third-order valence-electron chi connectivity index (χ3n) is 2.93. The smallest absolute Gasteiger partial charge is 0.341 e. The molecule has 7 nitrogen and oxygen atoms in total. The van der Waals surface area contributed by atoms with Crippen LogP contribution in [0.25, 0.3) is 0 Å². The largest absolute Gasteiger partial charge is 0.450 e. The molecule has 2 rings (SSSR count). The van der Waals surface area contributed by atoms with Crippen molar-refractivity contribution in [2.24, 2.45) is 0 Å². The summed E-state index contributed by atoms with van der Waals surface area (Å²) < 4.78 is 52.7. The molecule has 0 aliphatic carbocycles. The first kappa shape index (κ1) is 17.5. The fourth-order valence-electron chi connectivity index (χ4n) is 1.76. The Kier molecular flexibility index (Phi) is 4.88. The average molecular weight is 357 g/mol. The van der Waals surface area contributed by atoms with E-state index in [4.69, 9.17) is 4.74 Å². The Morgan fingerprint density at radius 2 is 1.75 bits per heavy atom. The molecule has 0 N–H and O–H groups in total. The fraction of sp³-hybridized carbons (Fsp3) is 0.0714. The van der Waals surface area contributed by atoms with Crippen molar-refractivity contribution in [3.63, 3.8) is 0 Å². The van der Waals surface area contributed by atoms with Crippen molar-refractivity contribution in [3.05, 3.63) is 58.1 Å². The summed E-state index contributed by atoms with van der Waals surface area (Å²) in [6.45, 7) is 0. The molecule has 126 valence electrons. The molecule has 0 atom stereocenters. The van der Waals surface area contributed by atoms with Crippen LogP contribution in [0, 0.1) is 10.1 Å². The monoisotopic (exact) mass is 357 g/mol. The van der Waals surface area contributed by atoms with Gasteiger partial charge in [-0.25, -0.2) is 8.42 Å². The lowest BCUT2D eigenvalue weighted by Crippen LogP contribution is -2.11. The van der Waals surface area contributed by atoms with E-state index in [0.29, 0.717) is 6.29 Å². The molecule has 0 saturated heterocycles. The molecule has 0 aliphatic heterocycles. The lowest BCUT2D eigenvalue weighted by molar-refractivity contribution is -0.385. The first-order valence-corrected chi connectivity index (χ1v) is 7.84. The Labute approximate surface area is 134 Å². The van der Waals surface area contributed by atoms with E-state index in [9.17, 15) is 32.1 Å². The Morgan fingerprint density at radius 3 is 2.25 bits per heavy atom. The number of hydrogen-bond donors (Lipinski definition) is 0. The second-order valence-corrected chi connectivity index (χ2v) is 6.40. The van der Waals surface area contributed by atoms with Crippen LogP contribution in [0.4, 0.5) is 14.5 Å². The highest BCUT2D eigenvalue weighted by molar-refractivity contribution is 7.91. The minimum Gasteiger partial charge on any atom is -0.450 e. The van der Waals surface area contributed by atoms with Crippen LogP contribution in [0.1, 0.15) is 10.4 Å². The van der Waals surface area contributed by atoms with Gasteiger partial charge < -0.3 is 4.74 Å². The van der Waals surface area contributed by atoms with Crippen LogP contribution in [-0.4, -0.2) is 25.4 Å². The van der Waals surface area contributed by atoms with Gasteiger partial charge in [0.15, 0.2) is 0 Å². The zero-order valence-corrected chi connectivity index (χ0v) is 12.6. The van der Waals surface area contributed by atoms with Gasteiger partial charge in [-0.15, -0.1) is 0 Å². The molecule has 0 spiro atoms. The highest BCUT2D eigenvalue weighted by Gasteiger charge is 2.26. The number of carbonyl (C=O) groups is 1. The van der Waals surface area contributed by atoms with E-state index in [1.807, 2.05) is 0 Å². The molecule has 0 fully saturated rings. The van der Waals surface area contributed by atoms with Gasteiger partial charge in [0.2, 0.25) is 15.6 Å². The van der Waals surface area contributed by atoms with Gasteiger partial charge in [0.25, 0.3) is 0 Å². The topological polar surface area (TPSA) is 104 Å². The first-order chi connectivity index (χ1) is 11.3. The molecule has 24 heavy (non-hydrogen) atoms. The Balaban J connectivity index is 2.33. The number of sulfone groups is 1. The maximum atomic E-state index is 12.4. The quantitative estimate of drug-likeness (QED) is 0.447. The molecule has 2 aromatic rings. The molecule has 2 aromatic carbocycles. The van der Waals surface area contributed by atoms with Crippen molar-refractivity contribution in [2.45, 2.75) is 10.7 Å². The van der Waals surface area contributed by atoms with Gasteiger partial charge in [-0.3, -0.25) is 14.9 Å². The van der Waals surface area contributed by atoms with Gasteiger partial charge in [0.1, 0.15) is 12.0 Å². The number of carbonyl (C=O) groups excluding carboxylic acids is 1. The molecule has 0 aromatic heterocycles. The van der Waals surface area contributed by atoms with Crippen molar-refractivity contribution in [1.82, 2.24) is 0 Å². The summed E-state index contributed by atoms with van der Waals surface area (Å²) in [5.74, 6) is -3.73. The summed E-state index contributed by atoms with van der Waals surface area (Å²) in [5.41, 5.74) is -0.392. The summed E-state index contributed by atoms with van der Waals surface area (Å²) in [6, 6.07) is 7.50. The van der Waals surface area contributed by atoms with E-state index in [-0.39, 0.29) is 17.1 Å². The molecule has 0 radical (unpaired) electrons.